The van der Waals surface area contributed by atoms with E-state index < -0.39 is 0 Å². The Kier molecular flexibility index (Phi) is 7.34. The van der Waals surface area contributed by atoms with Gasteiger partial charge in [-0.15, -0.1) is 11.3 Å². The Balaban J connectivity index is 1.05. The molecular formula is C45H29N3S. The Morgan fingerprint density at radius 3 is 1.31 bits per heavy atom. The van der Waals surface area contributed by atoms with E-state index in [9.17, 15) is 0 Å². The first-order valence-electron chi connectivity index (χ1n) is 16.4. The fraction of sp³-hybridized carbons (Fsp3) is 0. The van der Waals surface area contributed by atoms with Crippen LogP contribution in [0.25, 0.3) is 87.7 Å². The summed E-state index contributed by atoms with van der Waals surface area (Å²) in [6.07, 6.45) is 0. The van der Waals surface area contributed by atoms with Crippen molar-refractivity contribution in [2.45, 2.75) is 0 Å². The summed E-state index contributed by atoms with van der Waals surface area (Å²) in [5.41, 5.74) is 10.00. The highest BCUT2D eigenvalue weighted by atomic mass is 32.1. The molecule has 0 saturated carbocycles. The van der Waals surface area contributed by atoms with E-state index in [1.54, 1.807) is 11.3 Å². The van der Waals surface area contributed by atoms with Crippen molar-refractivity contribution >= 4 is 31.5 Å². The minimum atomic E-state index is 0.652. The molecule has 0 saturated heterocycles. The topological polar surface area (TPSA) is 38.7 Å². The van der Waals surface area contributed by atoms with E-state index in [-0.39, 0.29) is 0 Å². The maximum atomic E-state index is 5.03. The summed E-state index contributed by atoms with van der Waals surface area (Å²) < 4.78 is 2.50. The molecular weight excluding hydrogens is 615 g/mol. The highest BCUT2D eigenvalue weighted by molar-refractivity contribution is 7.25. The van der Waals surface area contributed by atoms with E-state index in [0.717, 1.165) is 27.8 Å². The molecule has 0 unspecified atom stereocenters. The van der Waals surface area contributed by atoms with Gasteiger partial charge < -0.3 is 0 Å². The van der Waals surface area contributed by atoms with Gasteiger partial charge in [0.1, 0.15) is 0 Å². The normalized spacial score (nSPS) is 11.3. The Morgan fingerprint density at radius 1 is 0.265 bits per heavy atom. The van der Waals surface area contributed by atoms with Crippen molar-refractivity contribution in [3.05, 3.63) is 176 Å². The van der Waals surface area contributed by atoms with Crippen molar-refractivity contribution in [2.75, 3.05) is 0 Å². The van der Waals surface area contributed by atoms with E-state index >= 15 is 0 Å². The standard InChI is InChI=1S/C45H29N3S/c1-3-10-30(11-4-1)31-18-20-32(21-19-31)36-14-9-15-37(28-36)33-22-24-35(25-23-33)44-46-43(34-12-5-2-6-13-34)47-45(48-44)38-26-27-40-39-16-7-8-17-41(39)49-42(40)29-38/h1-29H. The predicted molar refractivity (Wildman–Crippen MR) is 205 cm³/mol. The van der Waals surface area contributed by atoms with Crippen molar-refractivity contribution in [1.29, 1.82) is 0 Å². The number of fused-ring (bicyclic) bond motifs is 3. The van der Waals surface area contributed by atoms with Crippen molar-refractivity contribution in [3.8, 4) is 67.5 Å². The highest BCUT2D eigenvalue weighted by Crippen LogP contribution is 2.36. The second-order valence-electron chi connectivity index (χ2n) is 12.1. The Hall–Kier alpha value is -6.23. The van der Waals surface area contributed by atoms with Crippen LogP contribution in [0, 0.1) is 0 Å². The third-order valence-electron chi connectivity index (χ3n) is 8.97. The zero-order valence-electron chi connectivity index (χ0n) is 26.5. The Morgan fingerprint density at radius 2 is 0.673 bits per heavy atom. The van der Waals surface area contributed by atoms with E-state index in [1.807, 2.05) is 36.4 Å². The van der Waals surface area contributed by atoms with Crippen LogP contribution >= 0.6 is 11.3 Å². The van der Waals surface area contributed by atoms with Crippen molar-refractivity contribution in [3.63, 3.8) is 0 Å². The minimum Gasteiger partial charge on any atom is -0.208 e. The molecule has 0 N–H and O–H groups in total. The lowest BCUT2D eigenvalue weighted by molar-refractivity contribution is 1.07. The number of rotatable bonds is 6. The maximum absolute atomic E-state index is 5.03. The van der Waals surface area contributed by atoms with Crippen LogP contribution in [0.3, 0.4) is 0 Å². The van der Waals surface area contributed by atoms with Gasteiger partial charge >= 0.3 is 0 Å². The third-order valence-corrected chi connectivity index (χ3v) is 10.1. The molecule has 0 aliphatic heterocycles. The monoisotopic (exact) mass is 643 g/mol. The molecule has 230 valence electrons. The van der Waals surface area contributed by atoms with Crippen LogP contribution < -0.4 is 0 Å². The lowest BCUT2D eigenvalue weighted by atomic mass is 9.97. The highest BCUT2D eigenvalue weighted by Gasteiger charge is 2.14. The van der Waals surface area contributed by atoms with Gasteiger partial charge in [-0.1, -0.05) is 158 Å². The van der Waals surface area contributed by atoms with Crippen LogP contribution in [-0.4, -0.2) is 15.0 Å². The molecule has 9 aromatic rings. The molecule has 0 aliphatic carbocycles. The van der Waals surface area contributed by atoms with Gasteiger partial charge in [0, 0.05) is 36.9 Å². The van der Waals surface area contributed by atoms with E-state index in [1.165, 1.54) is 42.4 Å². The van der Waals surface area contributed by atoms with E-state index in [4.69, 9.17) is 15.0 Å². The first-order valence-corrected chi connectivity index (χ1v) is 17.2. The molecule has 0 aliphatic rings. The summed E-state index contributed by atoms with van der Waals surface area (Å²) in [7, 11) is 0. The number of nitrogens with zero attached hydrogens (tertiary/aromatic N) is 3. The molecule has 0 amide bonds. The molecule has 0 atom stereocenters. The van der Waals surface area contributed by atoms with Gasteiger partial charge in [-0.2, -0.15) is 0 Å². The van der Waals surface area contributed by atoms with Gasteiger partial charge in [-0.05, 0) is 51.6 Å². The summed E-state index contributed by atoms with van der Waals surface area (Å²) in [6, 6.07) is 61.7. The zero-order chi connectivity index (χ0) is 32.6. The van der Waals surface area contributed by atoms with Crippen LogP contribution in [-0.2, 0) is 0 Å². The van der Waals surface area contributed by atoms with Crippen LogP contribution in [0.2, 0.25) is 0 Å². The first-order chi connectivity index (χ1) is 24.2. The van der Waals surface area contributed by atoms with E-state index in [2.05, 4.69) is 140 Å². The summed E-state index contributed by atoms with van der Waals surface area (Å²) in [6.45, 7) is 0. The number of thiophene rings is 1. The second-order valence-corrected chi connectivity index (χ2v) is 13.2. The van der Waals surface area contributed by atoms with Crippen LogP contribution in [0.15, 0.2) is 176 Å². The second kappa shape index (κ2) is 12.4. The fourth-order valence-corrected chi connectivity index (χ4v) is 7.54. The molecule has 4 heteroatoms. The fourth-order valence-electron chi connectivity index (χ4n) is 6.39. The van der Waals surface area contributed by atoms with Crippen LogP contribution in [0.5, 0.6) is 0 Å². The van der Waals surface area contributed by atoms with Crippen molar-refractivity contribution < 1.29 is 0 Å². The van der Waals surface area contributed by atoms with Crippen LogP contribution in [0.4, 0.5) is 0 Å². The molecule has 2 heterocycles. The van der Waals surface area contributed by atoms with Gasteiger partial charge in [0.05, 0.1) is 0 Å². The molecule has 0 radical (unpaired) electrons. The first kappa shape index (κ1) is 29.0. The van der Waals surface area contributed by atoms with Gasteiger partial charge in [0.2, 0.25) is 0 Å². The summed E-state index contributed by atoms with van der Waals surface area (Å²) in [5.74, 6) is 1.98. The number of hydrogen-bond acceptors (Lipinski definition) is 4. The minimum absolute atomic E-state index is 0.652. The summed E-state index contributed by atoms with van der Waals surface area (Å²) in [5, 5.41) is 2.53. The van der Waals surface area contributed by atoms with E-state index in [0.29, 0.717) is 17.5 Å². The Bertz CT molecular complexity index is 2570. The summed E-state index contributed by atoms with van der Waals surface area (Å²) >= 11 is 1.80. The number of hydrogen-bond donors (Lipinski definition) is 0. The largest absolute Gasteiger partial charge is 0.208 e. The molecule has 7 aromatic carbocycles. The Labute approximate surface area is 288 Å². The smallest absolute Gasteiger partial charge is 0.164 e. The maximum Gasteiger partial charge on any atom is 0.164 e. The molecule has 9 rings (SSSR count). The molecule has 0 bridgehead atoms. The average molecular weight is 644 g/mol. The molecule has 0 fully saturated rings. The SMILES string of the molecule is c1ccc(-c2ccc(-c3cccc(-c4ccc(-c5nc(-c6ccccc6)nc(-c6ccc7c(c6)sc6ccccc67)n5)cc4)c3)cc2)cc1. The molecule has 2 aromatic heterocycles. The third kappa shape index (κ3) is 5.69. The van der Waals surface area contributed by atoms with Gasteiger partial charge in [0.25, 0.3) is 0 Å². The van der Waals surface area contributed by atoms with Crippen molar-refractivity contribution in [1.82, 2.24) is 15.0 Å². The predicted octanol–water partition coefficient (Wildman–Crippen LogP) is 12.2. The molecule has 0 spiro atoms. The van der Waals surface area contributed by atoms with Crippen molar-refractivity contribution in [2.24, 2.45) is 0 Å². The summed E-state index contributed by atoms with van der Waals surface area (Å²) in [4.78, 5) is 15.0. The van der Waals surface area contributed by atoms with Gasteiger partial charge in [-0.3, -0.25) is 0 Å². The zero-order valence-corrected chi connectivity index (χ0v) is 27.3. The average Bonchev–Trinajstić information content (AvgIpc) is 3.57. The lowest BCUT2D eigenvalue weighted by Crippen LogP contribution is -2.00. The number of benzene rings is 7. The van der Waals surface area contributed by atoms with Crippen LogP contribution in [0.1, 0.15) is 0 Å². The van der Waals surface area contributed by atoms with Gasteiger partial charge in [0.15, 0.2) is 17.5 Å². The number of aromatic nitrogens is 3. The lowest BCUT2D eigenvalue weighted by Gasteiger charge is -2.10. The molecule has 49 heavy (non-hydrogen) atoms. The van der Waals surface area contributed by atoms with Gasteiger partial charge in [-0.25, -0.2) is 15.0 Å². The quantitative estimate of drug-likeness (QED) is 0.181. The molecule has 3 nitrogen and oxygen atoms in total.